The molecule has 2 unspecified atom stereocenters. The van der Waals surface area contributed by atoms with Gasteiger partial charge in [-0.25, -0.2) is 0 Å². The molecule has 0 aromatic carbocycles. The van der Waals surface area contributed by atoms with E-state index in [1.165, 1.54) is 0 Å². The minimum Gasteiger partial charge on any atom is -0.377 e. The first-order valence-corrected chi connectivity index (χ1v) is 7.06. The highest BCUT2D eigenvalue weighted by Gasteiger charge is 2.43. The summed E-state index contributed by atoms with van der Waals surface area (Å²) in [5.74, 6) is 1.38. The van der Waals surface area contributed by atoms with Crippen molar-refractivity contribution in [2.75, 3.05) is 18.1 Å². The van der Waals surface area contributed by atoms with E-state index in [4.69, 9.17) is 10.00 Å². The predicted molar refractivity (Wildman–Crippen MR) is 58.7 cm³/mol. The van der Waals surface area contributed by atoms with Gasteiger partial charge in [-0.15, -0.1) is 0 Å². The highest BCUT2D eigenvalue weighted by molar-refractivity contribution is 7.85. The van der Waals surface area contributed by atoms with Crippen molar-refractivity contribution in [1.29, 1.82) is 5.26 Å². The van der Waals surface area contributed by atoms with E-state index >= 15 is 0 Å². The van der Waals surface area contributed by atoms with E-state index in [0.717, 1.165) is 32.3 Å². The molecule has 1 aliphatic heterocycles. The summed E-state index contributed by atoms with van der Waals surface area (Å²) in [6, 6.07) is 2.20. The van der Waals surface area contributed by atoms with Gasteiger partial charge in [0.1, 0.15) is 0 Å². The monoisotopic (exact) mass is 227 g/mol. The molecule has 2 aliphatic rings. The zero-order valence-corrected chi connectivity index (χ0v) is 9.72. The van der Waals surface area contributed by atoms with E-state index < -0.39 is 10.8 Å². The lowest BCUT2D eigenvalue weighted by molar-refractivity contribution is 0.128. The molecule has 2 fully saturated rings. The third-order valence-corrected chi connectivity index (χ3v) is 4.95. The number of hydrogen-bond acceptors (Lipinski definition) is 3. The molecule has 1 aliphatic carbocycles. The van der Waals surface area contributed by atoms with Crippen LogP contribution < -0.4 is 0 Å². The first kappa shape index (κ1) is 11.1. The van der Waals surface area contributed by atoms with Crippen molar-refractivity contribution in [3.05, 3.63) is 0 Å². The van der Waals surface area contributed by atoms with Crippen molar-refractivity contribution >= 4 is 10.8 Å². The first-order valence-electron chi connectivity index (χ1n) is 5.58. The summed E-state index contributed by atoms with van der Waals surface area (Å²) in [5, 5.41) is 8.67. The van der Waals surface area contributed by atoms with Crippen LogP contribution in [0.2, 0.25) is 0 Å². The highest BCUT2D eigenvalue weighted by atomic mass is 32.2. The minimum absolute atomic E-state index is 0.109. The lowest BCUT2D eigenvalue weighted by Gasteiger charge is -2.13. The Labute approximate surface area is 93.3 Å². The van der Waals surface area contributed by atoms with Crippen LogP contribution >= 0.6 is 0 Å². The van der Waals surface area contributed by atoms with Crippen LogP contribution in [0.3, 0.4) is 0 Å². The van der Waals surface area contributed by atoms with Gasteiger partial charge < -0.3 is 4.74 Å². The lowest BCUT2D eigenvalue weighted by atomic mass is 10.1. The molecule has 1 saturated carbocycles. The van der Waals surface area contributed by atoms with Crippen LogP contribution in [0.25, 0.3) is 0 Å². The van der Waals surface area contributed by atoms with Gasteiger partial charge >= 0.3 is 0 Å². The fourth-order valence-corrected chi connectivity index (χ4v) is 3.97. The molecule has 15 heavy (non-hydrogen) atoms. The number of nitriles is 1. The second-order valence-electron chi connectivity index (χ2n) is 4.72. The van der Waals surface area contributed by atoms with Gasteiger partial charge in [-0.3, -0.25) is 4.21 Å². The summed E-state index contributed by atoms with van der Waals surface area (Å²) in [7, 11) is -0.794. The Balaban J connectivity index is 1.75. The van der Waals surface area contributed by atoms with E-state index in [0.29, 0.717) is 17.9 Å². The molecule has 2 atom stereocenters. The van der Waals surface area contributed by atoms with Crippen molar-refractivity contribution in [3.63, 3.8) is 0 Å². The number of rotatable bonds is 5. The average Bonchev–Trinajstić information content (AvgIpc) is 2.75. The molecular weight excluding hydrogens is 210 g/mol. The third-order valence-electron chi connectivity index (χ3n) is 3.27. The molecule has 0 bridgehead atoms. The van der Waals surface area contributed by atoms with Crippen LogP contribution in [-0.2, 0) is 15.5 Å². The highest BCUT2D eigenvalue weighted by Crippen LogP contribution is 2.49. The van der Waals surface area contributed by atoms with Crippen LogP contribution in [0.5, 0.6) is 0 Å². The van der Waals surface area contributed by atoms with E-state index in [-0.39, 0.29) is 11.5 Å². The van der Waals surface area contributed by atoms with Gasteiger partial charge in [0.05, 0.1) is 12.2 Å². The molecule has 0 amide bonds. The molecular formula is C11H17NO2S. The van der Waals surface area contributed by atoms with Crippen molar-refractivity contribution in [2.45, 2.75) is 38.2 Å². The topological polar surface area (TPSA) is 50.1 Å². The van der Waals surface area contributed by atoms with E-state index in [1.807, 2.05) is 0 Å². The Hall–Kier alpha value is -0.400. The second-order valence-corrected chi connectivity index (χ2v) is 6.22. The maximum absolute atomic E-state index is 11.9. The summed E-state index contributed by atoms with van der Waals surface area (Å²) in [4.78, 5) is 0. The standard InChI is InChI=1S/C11H17NO2S/c12-6-5-11(3-4-11)9-15(13)8-10-2-1-7-14-10/h10H,1-5,7-9H2. The minimum atomic E-state index is -0.794. The molecule has 0 radical (unpaired) electrons. The number of ether oxygens (including phenoxy) is 1. The zero-order chi connectivity index (χ0) is 10.7. The Morgan fingerprint density at radius 3 is 2.87 bits per heavy atom. The first-order chi connectivity index (χ1) is 7.24. The van der Waals surface area contributed by atoms with E-state index in [9.17, 15) is 4.21 Å². The average molecular weight is 227 g/mol. The second kappa shape index (κ2) is 4.63. The van der Waals surface area contributed by atoms with Crippen molar-refractivity contribution in [1.82, 2.24) is 0 Å². The Morgan fingerprint density at radius 2 is 2.33 bits per heavy atom. The quantitative estimate of drug-likeness (QED) is 0.717. The van der Waals surface area contributed by atoms with Crippen molar-refractivity contribution in [2.24, 2.45) is 5.41 Å². The summed E-state index contributed by atoms with van der Waals surface area (Å²) in [5.41, 5.74) is 0.109. The van der Waals surface area contributed by atoms with Crippen LogP contribution in [0.4, 0.5) is 0 Å². The molecule has 0 spiro atoms. The molecule has 0 aromatic heterocycles. The van der Waals surface area contributed by atoms with E-state index in [2.05, 4.69) is 6.07 Å². The SMILES string of the molecule is N#CCC1(CS(=O)CC2CCCO2)CC1. The maximum atomic E-state index is 11.9. The zero-order valence-electron chi connectivity index (χ0n) is 8.91. The van der Waals surface area contributed by atoms with Crippen LogP contribution in [-0.4, -0.2) is 28.4 Å². The lowest BCUT2D eigenvalue weighted by Crippen LogP contribution is -2.21. The molecule has 3 nitrogen and oxygen atoms in total. The van der Waals surface area contributed by atoms with Crippen LogP contribution in [0.1, 0.15) is 32.1 Å². The van der Waals surface area contributed by atoms with Crippen molar-refractivity contribution < 1.29 is 8.95 Å². The van der Waals surface area contributed by atoms with E-state index in [1.54, 1.807) is 0 Å². The normalized spacial score (nSPS) is 29.7. The summed E-state index contributed by atoms with van der Waals surface area (Å²) in [6.45, 7) is 0.825. The largest absolute Gasteiger partial charge is 0.377 e. The molecule has 1 saturated heterocycles. The van der Waals surface area contributed by atoms with Gasteiger partial charge in [-0.2, -0.15) is 5.26 Å². The maximum Gasteiger partial charge on any atom is 0.0691 e. The molecule has 4 heteroatoms. The summed E-state index contributed by atoms with van der Waals surface area (Å²) >= 11 is 0. The molecule has 0 N–H and O–H groups in total. The Kier molecular flexibility index (Phi) is 3.42. The molecule has 2 rings (SSSR count). The molecule has 1 heterocycles. The number of hydrogen-bond donors (Lipinski definition) is 0. The fourth-order valence-electron chi connectivity index (χ4n) is 2.10. The predicted octanol–water partition coefficient (Wildman–Crippen LogP) is 1.61. The van der Waals surface area contributed by atoms with Crippen molar-refractivity contribution in [3.8, 4) is 6.07 Å². The van der Waals surface area contributed by atoms with Gasteiger partial charge in [0, 0.05) is 35.3 Å². The Morgan fingerprint density at radius 1 is 1.53 bits per heavy atom. The molecule has 0 aromatic rings. The van der Waals surface area contributed by atoms with Gasteiger partial charge in [-0.05, 0) is 31.1 Å². The molecule has 84 valence electrons. The van der Waals surface area contributed by atoms with Gasteiger partial charge in [0.25, 0.3) is 0 Å². The smallest absolute Gasteiger partial charge is 0.0691 e. The summed E-state index contributed by atoms with van der Waals surface area (Å²) in [6.07, 6.45) is 5.10. The van der Waals surface area contributed by atoms with Crippen LogP contribution in [0.15, 0.2) is 0 Å². The van der Waals surface area contributed by atoms with Gasteiger partial charge in [-0.1, -0.05) is 0 Å². The van der Waals surface area contributed by atoms with Gasteiger partial charge in [0.2, 0.25) is 0 Å². The fraction of sp³-hybridized carbons (Fsp3) is 0.909. The van der Waals surface area contributed by atoms with Crippen LogP contribution in [0, 0.1) is 16.7 Å². The summed E-state index contributed by atoms with van der Waals surface area (Å²) < 4.78 is 17.3. The Bertz CT molecular complexity index is 287. The van der Waals surface area contributed by atoms with Gasteiger partial charge in [0.15, 0.2) is 0 Å². The number of nitrogens with zero attached hydrogens (tertiary/aromatic N) is 1. The third kappa shape index (κ3) is 3.02.